The van der Waals surface area contributed by atoms with E-state index in [4.69, 9.17) is 23.7 Å². The Bertz CT molecular complexity index is 1630. The van der Waals surface area contributed by atoms with E-state index in [0.29, 0.717) is 11.5 Å². The van der Waals surface area contributed by atoms with Crippen molar-refractivity contribution in [1.82, 2.24) is 9.55 Å². The molecule has 11 nitrogen and oxygen atoms in total. The first kappa shape index (κ1) is 30.7. The first-order chi connectivity index (χ1) is 21.3. The van der Waals surface area contributed by atoms with Gasteiger partial charge >= 0.3 is 11.7 Å². The third kappa shape index (κ3) is 6.02. The number of nitrogens with zero attached hydrogens (tertiary/aromatic N) is 1. The number of carbonyl (C=O) groups excluding carboxylic acids is 1. The standard InChI is InChI=1S/C33H34N2O9/c1-4-42-31(38)26-19-35(32(39)34-30(26)37)29-18-27(36)28(44-29)20-43-33(21-8-6-5-7-9-21,22-10-14-24(40-2)15-11-22)23-12-16-25(41-3)17-13-23/h5-17,19,27-29,36H,4,18,20H2,1-3H3,(H,34,37,39)/t27-,28+,29+/m0/s1. The van der Waals surface area contributed by atoms with E-state index in [2.05, 4.69) is 4.98 Å². The number of rotatable bonds is 11. The smallest absolute Gasteiger partial charge is 0.345 e. The maximum atomic E-state index is 12.7. The van der Waals surface area contributed by atoms with Crippen LogP contribution < -0.4 is 20.7 Å². The largest absolute Gasteiger partial charge is 0.497 e. The molecular weight excluding hydrogens is 568 g/mol. The van der Waals surface area contributed by atoms with Crippen LogP contribution in [-0.4, -0.2) is 60.3 Å². The highest BCUT2D eigenvalue weighted by Gasteiger charge is 2.42. The van der Waals surface area contributed by atoms with Gasteiger partial charge in [-0.1, -0.05) is 54.6 Å². The average molecular weight is 603 g/mol. The third-order valence-corrected chi connectivity index (χ3v) is 7.62. The van der Waals surface area contributed by atoms with Crippen molar-refractivity contribution in [2.75, 3.05) is 27.4 Å². The van der Waals surface area contributed by atoms with Gasteiger partial charge in [-0.3, -0.25) is 14.3 Å². The lowest BCUT2D eigenvalue weighted by atomic mass is 9.80. The SMILES string of the molecule is CCOC(=O)c1cn([C@H]2C[C@H](O)[C@@H](COC(c3ccccc3)(c3ccc(OC)cc3)c3ccc(OC)cc3)O2)c(=O)[nH]c1=O. The Labute approximate surface area is 253 Å². The van der Waals surface area contributed by atoms with E-state index in [0.717, 1.165) is 27.5 Å². The lowest BCUT2D eigenvalue weighted by Gasteiger charge is -2.37. The van der Waals surface area contributed by atoms with Gasteiger partial charge in [0.1, 0.15) is 35.0 Å². The van der Waals surface area contributed by atoms with Crippen molar-refractivity contribution in [3.8, 4) is 11.5 Å². The van der Waals surface area contributed by atoms with Crippen LogP contribution in [0.3, 0.4) is 0 Å². The fourth-order valence-electron chi connectivity index (χ4n) is 5.37. The van der Waals surface area contributed by atoms with Crippen LogP contribution in [0.25, 0.3) is 0 Å². The van der Waals surface area contributed by atoms with Crippen LogP contribution in [0.15, 0.2) is 94.6 Å². The van der Waals surface area contributed by atoms with E-state index in [1.807, 2.05) is 78.9 Å². The molecule has 0 unspecified atom stereocenters. The molecule has 0 saturated carbocycles. The molecule has 1 aliphatic rings. The second-order valence-electron chi connectivity index (χ2n) is 10.2. The van der Waals surface area contributed by atoms with Gasteiger partial charge in [0.2, 0.25) is 0 Å². The minimum atomic E-state index is -1.15. The summed E-state index contributed by atoms with van der Waals surface area (Å²) in [6.45, 7) is 1.59. The van der Waals surface area contributed by atoms with Crippen LogP contribution in [0.1, 0.15) is 46.6 Å². The molecule has 0 bridgehead atoms. The summed E-state index contributed by atoms with van der Waals surface area (Å²) < 4.78 is 29.8. The maximum Gasteiger partial charge on any atom is 0.345 e. The Morgan fingerprint density at radius 3 is 2.05 bits per heavy atom. The molecule has 0 amide bonds. The van der Waals surface area contributed by atoms with Gasteiger partial charge in [-0.2, -0.15) is 0 Å². The Morgan fingerprint density at radius 1 is 0.932 bits per heavy atom. The molecule has 230 valence electrons. The van der Waals surface area contributed by atoms with Crippen molar-refractivity contribution in [2.45, 2.75) is 37.4 Å². The zero-order valence-corrected chi connectivity index (χ0v) is 24.6. The maximum absolute atomic E-state index is 12.7. The number of benzene rings is 3. The van der Waals surface area contributed by atoms with Crippen molar-refractivity contribution in [3.05, 3.63) is 128 Å². The molecule has 4 aromatic rings. The Balaban J connectivity index is 1.51. The summed E-state index contributed by atoms with van der Waals surface area (Å²) >= 11 is 0. The predicted octanol–water partition coefficient (Wildman–Crippen LogP) is 3.39. The fourth-order valence-corrected chi connectivity index (χ4v) is 5.37. The summed E-state index contributed by atoms with van der Waals surface area (Å²) in [6, 6.07) is 24.7. The molecular formula is C33H34N2O9. The molecule has 11 heteroatoms. The highest BCUT2D eigenvalue weighted by molar-refractivity contribution is 5.88. The summed E-state index contributed by atoms with van der Waals surface area (Å²) in [6.07, 6.45) is -1.73. The summed E-state index contributed by atoms with van der Waals surface area (Å²) in [5, 5.41) is 11.1. The second-order valence-corrected chi connectivity index (χ2v) is 10.2. The molecule has 0 radical (unpaired) electrons. The number of carbonyl (C=O) groups is 1. The Hall–Kier alpha value is -4.71. The van der Waals surface area contributed by atoms with Gasteiger partial charge in [0, 0.05) is 12.6 Å². The van der Waals surface area contributed by atoms with Gasteiger partial charge in [-0.05, 0) is 47.9 Å². The van der Waals surface area contributed by atoms with Gasteiger partial charge in [-0.25, -0.2) is 9.59 Å². The van der Waals surface area contributed by atoms with E-state index in [-0.39, 0.29) is 25.2 Å². The van der Waals surface area contributed by atoms with Gasteiger partial charge in [-0.15, -0.1) is 0 Å². The van der Waals surface area contributed by atoms with Crippen LogP contribution in [0.4, 0.5) is 0 Å². The number of aliphatic hydroxyl groups excluding tert-OH is 1. The van der Waals surface area contributed by atoms with E-state index in [9.17, 15) is 19.5 Å². The normalized spacial score (nSPS) is 18.1. The summed E-state index contributed by atoms with van der Waals surface area (Å²) in [5.74, 6) is 0.486. The molecule has 2 N–H and O–H groups in total. The average Bonchev–Trinajstić information content (AvgIpc) is 3.42. The van der Waals surface area contributed by atoms with Crippen LogP contribution in [0.5, 0.6) is 11.5 Å². The molecule has 3 atom stereocenters. The molecule has 44 heavy (non-hydrogen) atoms. The zero-order chi connectivity index (χ0) is 31.3. The monoisotopic (exact) mass is 602 g/mol. The van der Waals surface area contributed by atoms with Crippen molar-refractivity contribution in [2.24, 2.45) is 0 Å². The molecule has 1 saturated heterocycles. The van der Waals surface area contributed by atoms with E-state index in [1.165, 1.54) is 0 Å². The number of hydrogen-bond donors (Lipinski definition) is 2. The molecule has 2 heterocycles. The number of ether oxygens (including phenoxy) is 5. The first-order valence-electron chi connectivity index (χ1n) is 14.1. The van der Waals surface area contributed by atoms with Gasteiger partial charge in [0.25, 0.3) is 5.56 Å². The molecule has 0 spiro atoms. The van der Waals surface area contributed by atoms with E-state index < -0.39 is 41.3 Å². The zero-order valence-electron chi connectivity index (χ0n) is 24.6. The van der Waals surface area contributed by atoms with Gasteiger partial charge in [0.15, 0.2) is 0 Å². The predicted molar refractivity (Wildman–Crippen MR) is 160 cm³/mol. The van der Waals surface area contributed by atoms with Crippen LogP contribution in [0.2, 0.25) is 0 Å². The molecule has 1 aromatic heterocycles. The lowest BCUT2D eigenvalue weighted by molar-refractivity contribution is -0.0944. The number of aromatic nitrogens is 2. The second kappa shape index (κ2) is 13.3. The van der Waals surface area contributed by atoms with E-state index in [1.54, 1.807) is 21.1 Å². The summed E-state index contributed by atoms with van der Waals surface area (Å²) in [4.78, 5) is 39.4. The number of H-pyrrole nitrogens is 1. The van der Waals surface area contributed by atoms with Crippen molar-refractivity contribution in [1.29, 1.82) is 0 Å². The Kier molecular flexibility index (Phi) is 9.29. The number of nitrogens with one attached hydrogen (secondary N) is 1. The number of hydrogen-bond acceptors (Lipinski definition) is 9. The number of aliphatic hydroxyl groups is 1. The number of aromatic amines is 1. The third-order valence-electron chi connectivity index (χ3n) is 7.62. The molecule has 1 fully saturated rings. The molecule has 0 aliphatic carbocycles. The lowest BCUT2D eigenvalue weighted by Crippen LogP contribution is -2.38. The number of esters is 1. The first-order valence-corrected chi connectivity index (χ1v) is 14.1. The topological polar surface area (TPSA) is 138 Å². The summed E-state index contributed by atoms with van der Waals surface area (Å²) in [5.41, 5.74) is -0.704. The van der Waals surface area contributed by atoms with E-state index >= 15 is 0 Å². The van der Waals surface area contributed by atoms with Crippen molar-refractivity contribution >= 4 is 5.97 Å². The van der Waals surface area contributed by atoms with Gasteiger partial charge in [0.05, 0.1) is 33.5 Å². The molecule has 1 aliphatic heterocycles. The fraction of sp³-hybridized carbons (Fsp3) is 0.303. The van der Waals surface area contributed by atoms with Crippen LogP contribution in [-0.2, 0) is 19.8 Å². The van der Waals surface area contributed by atoms with Crippen molar-refractivity contribution < 1.29 is 33.6 Å². The van der Waals surface area contributed by atoms with Crippen LogP contribution in [0, 0.1) is 0 Å². The minimum absolute atomic E-state index is 0.0195. The molecule has 5 rings (SSSR count). The van der Waals surface area contributed by atoms with Crippen LogP contribution >= 0.6 is 0 Å². The van der Waals surface area contributed by atoms with Crippen molar-refractivity contribution in [3.63, 3.8) is 0 Å². The number of methoxy groups -OCH3 is 2. The quantitative estimate of drug-likeness (QED) is 0.195. The highest BCUT2D eigenvalue weighted by Crippen LogP contribution is 2.42. The summed E-state index contributed by atoms with van der Waals surface area (Å²) in [7, 11) is 3.19. The molecule has 3 aromatic carbocycles. The highest BCUT2D eigenvalue weighted by atomic mass is 16.6. The van der Waals surface area contributed by atoms with Gasteiger partial charge < -0.3 is 28.8 Å². The Morgan fingerprint density at radius 2 is 1.50 bits per heavy atom. The minimum Gasteiger partial charge on any atom is -0.497 e.